The average molecular weight is 312 g/mol. The summed E-state index contributed by atoms with van der Waals surface area (Å²) in [5.41, 5.74) is 1.10. The summed E-state index contributed by atoms with van der Waals surface area (Å²) in [5, 5.41) is 7.86. The maximum absolute atomic E-state index is 4.42. The second-order valence-electron chi connectivity index (χ2n) is 4.38. The Labute approximate surface area is 115 Å². The van der Waals surface area contributed by atoms with Crippen LogP contribution < -0.4 is 5.32 Å². The van der Waals surface area contributed by atoms with E-state index in [2.05, 4.69) is 57.1 Å². The topological polar surface area (TPSA) is 58.5 Å². The number of imidazole rings is 1. The molecule has 0 saturated carbocycles. The minimum absolute atomic E-state index is 0.0178. The highest BCUT2D eigenvalue weighted by molar-refractivity contribution is 9.10. The lowest BCUT2D eigenvalue weighted by molar-refractivity contribution is 0.468. The number of aromatic amines is 1. The molecule has 5 nitrogen and oxygen atoms in total. The van der Waals surface area contributed by atoms with Crippen LogP contribution in [0.5, 0.6) is 0 Å². The van der Waals surface area contributed by atoms with Crippen molar-refractivity contribution in [2.75, 3.05) is 6.54 Å². The number of hydrogen-bond donors (Lipinski definition) is 2. The molecule has 0 aliphatic heterocycles. The molecule has 0 aromatic carbocycles. The Morgan fingerprint density at radius 2 is 2.28 bits per heavy atom. The van der Waals surface area contributed by atoms with Crippen LogP contribution in [-0.2, 0) is 0 Å². The molecule has 2 aromatic rings. The van der Waals surface area contributed by atoms with Crippen molar-refractivity contribution in [1.29, 1.82) is 0 Å². The average Bonchev–Trinajstić information content (AvgIpc) is 2.95. The van der Waals surface area contributed by atoms with Crippen LogP contribution in [0, 0.1) is 0 Å². The van der Waals surface area contributed by atoms with Gasteiger partial charge in [0, 0.05) is 18.4 Å². The molecule has 2 N–H and O–H groups in total. The van der Waals surface area contributed by atoms with E-state index in [0.29, 0.717) is 6.04 Å². The van der Waals surface area contributed by atoms with Gasteiger partial charge in [-0.25, -0.2) is 4.98 Å². The normalized spacial score (nSPS) is 13.2. The Kier molecular flexibility index (Phi) is 4.19. The lowest BCUT2D eigenvalue weighted by Gasteiger charge is -2.20. The maximum Gasteiger partial charge on any atom is 0.129 e. The van der Waals surface area contributed by atoms with E-state index in [1.165, 1.54) is 0 Å². The molecule has 0 aliphatic rings. The molecule has 6 heteroatoms. The van der Waals surface area contributed by atoms with E-state index in [-0.39, 0.29) is 6.04 Å². The summed E-state index contributed by atoms with van der Waals surface area (Å²) < 4.78 is 3.01. The third-order valence-corrected chi connectivity index (χ3v) is 3.36. The number of nitrogens with zero attached hydrogens (tertiary/aromatic N) is 3. The highest BCUT2D eigenvalue weighted by atomic mass is 79.9. The fraction of sp³-hybridized carbons (Fsp3) is 0.500. The van der Waals surface area contributed by atoms with Crippen LogP contribution in [0.1, 0.15) is 44.4 Å². The molecule has 0 bridgehead atoms. The van der Waals surface area contributed by atoms with Crippen LogP contribution in [0.2, 0.25) is 0 Å². The first kappa shape index (κ1) is 13.3. The van der Waals surface area contributed by atoms with Crippen molar-refractivity contribution in [3.8, 4) is 0 Å². The largest absolute Gasteiger partial charge is 0.347 e. The van der Waals surface area contributed by atoms with Gasteiger partial charge in [0.2, 0.25) is 0 Å². The number of hydrogen-bond acceptors (Lipinski definition) is 3. The second-order valence-corrected chi connectivity index (χ2v) is 5.24. The molecular weight excluding hydrogens is 294 g/mol. The summed E-state index contributed by atoms with van der Waals surface area (Å²) in [4.78, 5) is 7.52. The monoisotopic (exact) mass is 311 g/mol. The molecule has 98 valence electrons. The number of nitrogens with one attached hydrogen (secondary N) is 2. The molecule has 0 spiro atoms. The Morgan fingerprint density at radius 3 is 2.83 bits per heavy atom. The van der Waals surface area contributed by atoms with Crippen molar-refractivity contribution in [1.82, 2.24) is 25.1 Å². The van der Waals surface area contributed by atoms with Gasteiger partial charge in [0.1, 0.15) is 11.9 Å². The molecular formula is C12H18BrN5. The van der Waals surface area contributed by atoms with Crippen LogP contribution in [-0.4, -0.2) is 26.3 Å². The van der Waals surface area contributed by atoms with Gasteiger partial charge >= 0.3 is 0 Å². The van der Waals surface area contributed by atoms with E-state index in [9.17, 15) is 0 Å². The van der Waals surface area contributed by atoms with Crippen molar-refractivity contribution < 1.29 is 0 Å². The summed E-state index contributed by atoms with van der Waals surface area (Å²) in [6.45, 7) is 7.18. The van der Waals surface area contributed by atoms with E-state index >= 15 is 0 Å². The first-order chi connectivity index (χ1) is 8.65. The zero-order valence-corrected chi connectivity index (χ0v) is 12.4. The van der Waals surface area contributed by atoms with E-state index in [1.807, 2.05) is 17.1 Å². The summed E-state index contributed by atoms with van der Waals surface area (Å²) >= 11 is 3.58. The molecule has 0 fully saturated rings. The molecule has 0 amide bonds. The van der Waals surface area contributed by atoms with Gasteiger partial charge in [0.05, 0.1) is 16.4 Å². The summed E-state index contributed by atoms with van der Waals surface area (Å²) in [7, 11) is 0. The van der Waals surface area contributed by atoms with E-state index in [1.54, 1.807) is 6.20 Å². The van der Waals surface area contributed by atoms with E-state index in [4.69, 9.17) is 0 Å². The van der Waals surface area contributed by atoms with Crippen LogP contribution in [0.3, 0.4) is 0 Å². The highest BCUT2D eigenvalue weighted by Crippen LogP contribution is 2.28. The minimum atomic E-state index is 0.0178. The standard InChI is InChI=1S/C12H18BrN5/c1-4-14-10(12-15-5-6-16-12)11-9(13)7-17-18(11)8(2)3/h5-8,10,14H,4H2,1-3H3,(H,15,16). The summed E-state index contributed by atoms with van der Waals surface area (Å²) in [6.07, 6.45) is 5.44. The zero-order valence-electron chi connectivity index (χ0n) is 10.8. The Hall–Kier alpha value is -1.14. The van der Waals surface area contributed by atoms with Gasteiger partial charge in [-0.2, -0.15) is 5.10 Å². The van der Waals surface area contributed by atoms with Gasteiger partial charge in [-0.1, -0.05) is 6.92 Å². The maximum atomic E-state index is 4.42. The Balaban J connectivity index is 2.45. The van der Waals surface area contributed by atoms with Gasteiger partial charge in [-0.3, -0.25) is 4.68 Å². The van der Waals surface area contributed by atoms with Crippen molar-refractivity contribution >= 4 is 15.9 Å². The molecule has 0 radical (unpaired) electrons. The smallest absolute Gasteiger partial charge is 0.129 e. The number of H-pyrrole nitrogens is 1. The lowest BCUT2D eigenvalue weighted by Crippen LogP contribution is -2.26. The summed E-state index contributed by atoms with van der Waals surface area (Å²) in [6, 6.07) is 0.326. The first-order valence-corrected chi connectivity index (χ1v) is 6.90. The SMILES string of the molecule is CCNC(c1ncc[nH]1)c1c(Br)cnn1C(C)C. The second kappa shape index (κ2) is 5.67. The van der Waals surface area contributed by atoms with Crippen molar-refractivity contribution in [2.45, 2.75) is 32.9 Å². The molecule has 1 atom stereocenters. The first-order valence-electron chi connectivity index (χ1n) is 6.10. The quantitative estimate of drug-likeness (QED) is 0.892. The Bertz CT molecular complexity index is 489. The number of halogens is 1. The van der Waals surface area contributed by atoms with Crippen molar-refractivity contribution in [3.05, 3.63) is 34.6 Å². The molecule has 0 aliphatic carbocycles. The van der Waals surface area contributed by atoms with Crippen LogP contribution >= 0.6 is 15.9 Å². The molecule has 1 unspecified atom stereocenters. The van der Waals surface area contributed by atoms with Crippen LogP contribution in [0.25, 0.3) is 0 Å². The van der Waals surface area contributed by atoms with Crippen molar-refractivity contribution in [3.63, 3.8) is 0 Å². The van der Waals surface area contributed by atoms with Crippen molar-refractivity contribution in [2.24, 2.45) is 0 Å². The van der Waals surface area contributed by atoms with Crippen LogP contribution in [0.4, 0.5) is 0 Å². The third-order valence-electron chi connectivity index (χ3n) is 2.75. The highest BCUT2D eigenvalue weighted by Gasteiger charge is 2.24. The predicted octanol–water partition coefficient (Wildman–Crippen LogP) is 2.65. The molecule has 0 saturated heterocycles. The van der Waals surface area contributed by atoms with Gasteiger partial charge < -0.3 is 10.3 Å². The molecule has 2 rings (SSSR count). The number of rotatable bonds is 5. The lowest BCUT2D eigenvalue weighted by atomic mass is 10.2. The molecule has 2 aromatic heterocycles. The Morgan fingerprint density at radius 1 is 1.50 bits per heavy atom. The molecule has 18 heavy (non-hydrogen) atoms. The van der Waals surface area contributed by atoms with Gasteiger partial charge in [0.15, 0.2) is 0 Å². The number of aromatic nitrogens is 4. The molecule has 2 heterocycles. The fourth-order valence-corrected chi connectivity index (χ4v) is 2.50. The van der Waals surface area contributed by atoms with E-state index in [0.717, 1.165) is 22.5 Å². The van der Waals surface area contributed by atoms with Crippen LogP contribution in [0.15, 0.2) is 23.1 Å². The van der Waals surface area contributed by atoms with E-state index < -0.39 is 0 Å². The third kappa shape index (κ3) is 2.49. The van der Waals surface area contributed by atoms with Gasteiger partial charge in [-0.05, 0) is 36.3 Å². The van der Waals surface area contributed by atoms with Gasteiger partial charge in [-0.15, -0.1) is 0 Å². The minimum Gasteiger partial charge on any atom is -0.347 e. The fourth-order valence-electron chi connectivity index (χ4n) is 1.99. The summed E-state index contributed by atoms with van der Waals surface area (Å²) in [5.74, 6) is 0.903. The van der Waals surface area contributed by atoms with Gasteiger partial charge in [0.25, 0.3) is 0 Å². The predicted molar refractivity (Wildman–Crippen MR) is 74.4 cm³/mol. The zero-order chi connectivity index (χ0) is 13.1.